The van der Waals surface area contributed by atoms with Crippen molar-refractivity contribution >= 4 is 15.9 Å². The molecular weight excluding hydrogens is 276 g/mol. The van der Waals surface area contributed by atoms with Gasteiger partial charge < -0.3 is 4.74 Å². The van der Waals surface area contributed by atoms with E-state index in [0.717, 1.165) is 24.1 Å². The Kier molecular flexibility index (Phi) is 6.64. The highest BCUT2D eigenvalue weighted by Crippen LogP contribution is 2.22. The van der Waals surface area contributed by atoms with Crippen molar-refractivity contribution in [3.8, 4) is 5.75 Å². The molecule has 1 aromatic rings. The van der Waals surface area contributed by atoms with Gasteiger partial charge in [0.05, 0.1) is 6.61 Å². The van der Waals surface area contributed by atoms with Gasteiger partial charge >= 0.3 is 0 Å². The van der Waals surface area contributed by atoms with E-state index in [4.69, 9.17) is 4.74 Å². The second kappa shape index (κ2) is 7.75. The minimum atomic E-state index is 0.601. The van der Waals surface area contributed by atoms with E-state index in [2.05, 4.69) is 61.0 Å². The highest BCUT2D eigenvalue weighted by Gasteiger charge is 2.06. The SMILES string of the molecule is CCC(CBr)COc1ccc(C(C)CC)cc1. The fourth-order valence-corrected chi connectivity index (χ4v) is 2.26. The third kappa shape index (κ3) is 4.71. The highest BCUT2D eigenvalue weighted by atomic mass is 79.9. The maximum absolute atomic E-state index is 5.79. The largest absolute Gasteiger partial charge is 0.493 e. The summed E-state index contributed by atoms with van der Waals surface area (Å²) in [6.07, 6.45) is 2.33. The Morgan fingerprint density at radius 1 is 1.12 bits per heavy atom. The molecule has 0 saturated carbocycles. The van der Waals surface area contributed by atoms with E-state index in [1.165, 1.54) is 12.0 Å². The molecule has 0 fully saturated rings. The van der Waals surface area contributed by atoms with Crippen LogP contribution in [-0.4, -0.2) is 11.9 Å². The van der Waals surface area contributed by atoms with E-state index in [1.54, 1.807) is 0 Å². The first-order valence-corrected chi connectivity index (χ1v) is 7.62. The van der Waals surface area contributed by atoms with Gasteiger partial charge in [0.1, 0.15) is 5.75 Å². The summed E-state index contributed by atoms with van der Waals surface area (Å²) in [6, 6.07) is 8.53. The molecule has 96 valence electrons. The van der Waals surface area contributed by atoms with Crippen LogP contribution in [0.3, 0.4) is 0 Å². The normalized spacial score (nSPS) is 14.4. The smallest absolute Gasteiger partial charge is 0.119 e. The van der Waals surface area contributed by atoms with Crippen molar-refractivity contribution in [2.75, 3.05) is 11.9 Å². The third-order valence-corrected chi connectivity index (χ3v) is 4.26. The van der Waals surface area contributed by atoms with Crippen molar-refractivity contribution in [1.82, 2.24) is 0 Å². The Balaban J connectivity index is 2.50. The molecule has 0 N–H and O–H groups in total. The van der Waals surface area contributed by atoms with E-state index >= 15 is 0 Å². The Hall–Kier alpha value is -0.500. The summed E-state index contributed by atoms with van der Waals surface area (Å²) in [6.45, 7) is 7.47. The predicted molar refractivity (Wildman–Crippen MR) is 78.2 cm³/mol. The molecule has 0 spiro atoms. The monoisotopic (exact) mass is 298 g/mol. The zero-order valence-corrected chi connectivity index (χ0v) is 12.7. The molecule has 0 radical (unpaired) electrons. The first-order chi connectivity index (χ1) is 8.21. The lowest BCUT2D eigenvalue weighted by Crippen LogP contribution is -2.12. The molecule has 1 nitrogen and oxygen atoms in total. The molecule has 1 rings (SSSR count). The van der Waals surface area contributed by atoms with Crippen LogP contribution in [0.1, 0.15) is 45.1 Å². The second-order valence-corrected chi connectivity index (χ2v) is 5.27. The Labute approximate surface area is 114 Å². The van der Waals surface area contributed by atoms with Crippen LogP contribution < -0.4 is 4.74 Å². The van der Waals surface area contributed by atoms with E-state index in [-0.39, 0.29) is 0 Å². The molecule has 0 aliphatic carbocycles. The van der Waals surface area contributed by atoms with Crippen LogP contribution >= 0.6 is 15.9 Å². The quantitative estimate of drug-likeness (QED) is 0.644. The molecule has 0 aliphatic heterocycles. The van der Waals surface area contributed by atoms with Crippen LogP contribution in [0, 0.1) is 5.92 Å². The fourth-order valence-electron chi connectivity index (χ4n) is 1.61. The number of ether oxygens (including phenoxy) is 1. The number of rotatable bonds is 7. The van der Waals surface area contributed by atoms with Gasteiger partial charge in [-0.15, -0.1) is 0 Å². The molecule has 2 atom stereocenters. The molecule has 0 aromatic heterocycles. The molecule has 0 saturated heterocycles. The van der Waals surface area contributed by atoms with E-state index in [0.29, 0.717) is 11.8 Å². The van der Waals surface area contributed by atoms with Gasteiger partial charge in [-0.2, -0.15) is 0 Å². The lowest BCUT2D eigenvalue weighted by atomic mass is 9.99. The average molecular weight is 299 g/mol. The van der Waals surface area contributed by atoms with Gasteiger partial charge in [0.25, 0.3) is 0 Å². The molecule has 1 aromatic carbocycles. The summed E-state index contributed by atoms with van der Waals surface area (Å²) in [7, 11) is 0. The standard InChI is InChI=1S/C15H23BrO/c1-4-12(3)14-6-8-15(9-7-14)17-11-13(5-2)10-16/h6-9,12-13H,4-5,10-11H2,1-3H3. The average Bonchev–Trinajstić information content (AvgIpc) is 2.39. The summed E-state index contributed by atoms with van der Waals surface area (Å²) in [4.78, 5) is 0. The van der Waals surface area contributed by atoms with Crippen molar-refractivity contribution in [3.63, 3.8) is 0 Å². The molecule has 0 amide bonds. The number of alkyl halides is 1. The molecule has 0 heterocycles. The van der Waals surface area contributed by atoms with Crippen LogP contribution in [0.25, 0.3) is 0 Å². The zero-order chi connectivity index (χ0) is 12.7. The molecule has 0 bridgehead atoms. The summed E-state index contributed by atoms with van der Waals surface area (Å²) >= 11 is 3.51. The Bertz CT molecular complexity index is 303. The maximum atomic E-state index is 5.79. The van der Waals surface area contributed by atoms with Gasteiger partial charge in [-0.05, 0) is 36.5 Å². The van der Waals surface area contributed by atoms with Crippen molar-refractivity contribution in [2.45, 2.75) is 39.5 Å². The van der Waals surface area contributed by atoms with Gasteiger partial charge in [0, 0.05) is 11.2 Å². The predicted octanol–water partition coefficient (Wildman–Crippen LogP) is 5.00. The van der Waals surface area contributed by atoms with Crippen LogP contribution in [0.15, 0.2) is 24.3 Å². The van der Waals surface area contributed by atoms with E-state index < -0.39 is 0 Å². The molecule has 17 heavy (non-hydrogen) atoms. The van der Waals surface area contributed by atoms with Crippen molar-refractivity contribution in [1.29, 1.82) is 0 Å². The van der Waals surface area contributed by atoms with Gasteiger partial charge in [-0.1, -0.05) is 48.8 Å². The lowest BCUT2D eigenvalue weighted by Gasteiger charge is -2.14. The highest BCUT2D eigenvalue weighted by molar-refractivity contribution is 9.09. The van der Waals surface area contributed by atoms with Gasteiger partial charge in [0.2, 0.25) is 0 Å². The van der Waals surface area contributed by atoms with Gasteiger partial charge in [-0.25, -0.2) is 0 Å². The van der Waals surface area contributed by atoms with E-state index in [1.807, 2.05) is 0 Å². The number of hydrogen-bond donors (Lipinski definition) is 0. The second-order valence-electron chi connectivity index (χ2n) is 4.62. The minimum absolute atomic E-state index is 0.601. The number of halogens is 1. The lowest BCUT2D eigenvalue weighted by molar-refractivity contribution is 0.260. The first-order valence-electron chi connectivity index (χ1n) is 6.49. The number of hydrogen-bond acceptors (Lipinski definition) is 1. The minimum Gasteiger partial charge on any atom is -0.493 e. The maximum Gasteiger partial charge on any atom is 0.119 e. The van der Waals surface area contributed by atoms with Crippen LogP contribution in [0.4, 0.5) is 0 Å². The topological polar surface area (TPSA) is 9.23 Å². The zero-order valence-electron chi connectivity index (χ0n) is 11.1. The van der Waals surface area contributed by atoms with Crippen LogP contribution in [0.5, 0.6) is 5.75 Å². The Morgan fingerprint density at radius 2 is 1.76 bits per heavy atom. The van der Waals surface area contributed by atoms with Crippen LogP contribution in [-0.2, 0) is 0 Å². The van der Waals surface area contributed by atoms with Gasteiger partial charge in [-0.3, -0.25) is 0 Å². The number of benzene rings is 1. The van der Waals surface area contributed by atoms with Crippen molar-refractivity contribution in [3.05, 3.63) is 29.8 Å². The van der Waals surface area contributed by atoms with Crippen LogP contribution in [0.2, 0.25) is 0 Å². The molecular formula is C15H23BrO. The Morgan fingerprint density at radius 3 is 2.24 bits per heavy atom. The summed E-state index contributed by atoms with van der Waals surface area (Å²) in [5.74, 6) is 2.22. The van der Waals surface area contributed by atoms with Gasteiger partial charge in [0.15, 0.2) is 0 Å². The summed E-state index contributed by atoms with van der Waals surface area (Å²) < 4.78 is 5.79. The third-order valence-electron chi connectivity index (χ3n) is 3.34. The molecule has 0 aliphatic rings. The van der Waals surface area contributed by atoms with Crippen molar-refractivity contribution in [2.24, 2.45) is 5.92 Å². The molecule has 2 unspecified atom stereocenters. The van der Waals surface area contributed by atoms with E-state index in [9.17, 15) is 0 Å². The van der Waals surface area contributed by atoms with Crippen molar-refractivity contribution < 1.29 is 4.74 Å². The molecule has 2 heteroatoms. The summed E-state index contributed by atoms with van der Waals surface area (Å²) in [5.41, 5.74) is 1.40. The summed E-state index contributed by atoms with van der Waals surface area (Å²) in [5, 5.41) is 1.01. The first kappa shape index (κ1) is 14.6. The fraction of sp³-hybridized carbons (Fsp3) is 0.600.